The van der Waals surface area contributed by atoms with Crippen LogP contribution >= 0.6 is 11.6 Å². The zero-order valence-electron chi connectivity index (χ0n) is 12.6. The highest BCUT2D eigenvalue weighted by molar-refractivity contribution is 6.31. The number of furan rings is 1. The Morgan fingerprint density at radius 3 is 2.68 bits per heavy atom. The lowest BCUT2D eigenvalue weighted by Crippen LogP contribution is -2.54. The van der Waals surface area contributed by atoms with E-state index in [1.54, 1.807) is 0 Å². The van der Waals surface area contributed by atoms with E-state index in [4.69, 9.17) is 16.0 Å². The van der Waals surface area contributed by atoms with Crippen molar-refractivity contribution in [2.24, 2.45) is 5.92 Å². The molecule has 1 aromatic carbocycles. The van der Waals surface area contributed by atoms with E-state index in [2.05, 4.69) is 5.32 Å². The van der Waals surface area contributed by atoms with Gasteiger partial charge in [0.1, 0.15) is 10.7 Å². The van der Waals surface area contributed by atoms with Crippen molar-refractivity contribution in [1.29, 1.82) is 0 Å². The smallest absolute Gasteiger partial charge is 0.433 e. The van der Waals surface area contributed by atoms with E-state index in [0.29, 0.717) is 5.02 Å². The number of nitrogens with zero attached hydrogens (tertiary/aromatic N) is 2. The number of carbonyl (C=O) groups excluding carboxylic acids is 2. The van der Waals surface area contributed by atoms with Crippen molar-refractivity contribution in [3.8, 4) is 5.75 Å². The fourth-order valence-electron chi connectivity index (χ4n) is 2.35. The summed E-state index contributed by atoms with van der Waals surface area (Å²) in [6, 6.07) is 6.58. The van der Waals surface area contributed by atoms with Gasteiger partial charge in [0.25, 0.3) is 5.91 Å². The van der Waals surface area contributed by atoms with Gasteiger partial charge in [0.2, 0.25) is 5.91 Å². The molecule has 2 N–H and O–H groups in total. The Labute approximate surface area is 145 Å². The van der Waals surface area contributed by atoms with Crippen LogP contribution < -0.4 is 5.32 Å². The van der Waals surface area contributed by atoms with Crippen LogP contribution in [0, 0.1) is 16.0 Å². The molecule has 1 saturated heterocycles. The molecular weight excluding hydrogens is 354 g/mol. The Morgan fingerprint density at radius 1 is 1.32 bits per heavy atom. The van der Waals surface area contributed by atoms with E-state index in [1.165, 1.54) is 29.2 Å². The summed E-state index contributed by atoms with van der Waals surface area (Å²) in [4.78, 5) is 35.4. The van der Waals surface area contributed by atoms with Crippen LogP contribution in [0.4, 0.5) is 11.6 Å². The zero-order chi connectivity index (χ0) is 18.1. The van der Waals surface area contributed by atoms with E-state index in [1.807, 2.05) is 0 Å². The number of phenols is 1. The second-order valence-electron chi connectivity index (χ2n) is 5.45. The molecule has 9 nitrogen and oxygen atoms in total. The maximum Gasteiger partial charge on any atom is 0.433 e. The predicted octanol–water partition coefficient (Wildman–Crippen LogP) is 2.26. The first kappa shape index (κ1) is 16.8. The average Bonchev–Trinajstić information content (AvgIpc) is 2.99. The number of benzene rings is 1. The van der Waals surface area contributed by atoms with E-state index in [-0.39, 0.29) is 36.2 Å². The van der Waals surface area contributed by atoms with Crippen molar-refractivity contribution in [3.63, 3.8) is 0 Å². The summed E-state index contributed by atoms with van der Waals surface area (Å²) in [6.45, 7) is 0.279. The van der Waals surface area contributed by atoms with E-state index >= 15 is 0 Å². The largest absolute Gasteiger partial charge is 0.506 e. The van der Waals surface area contributed by atoms with Gasteiger partial charge >= 0.3 is 5.88 Å². The molecule has 0 atom stereocenters. The molecule has 0 spiro atoms. The average molecular weight is 366 g/mol. The highest BCUT2D eigenvalue weighted by Crippen LogP contribution is 2.28. The molecule has 1 aliphatic heterocycles. The van der Waals surface area contributed by atoms with Crippen LogP contribution in [0.5, 0.6) is 5.75 Å². The van der Waals surface area contributed by atoms with E-state index < -0.39 is 22.6 Å². The number of halogens is 1. The first-order valence-electron chi connectivity index (χ1n) is 7.18. The van der Waals surface area contributed by atoms with Gasteiger partial charge in [-0.15, -0.1) is 0 Å². The maximum absolute atomic E-state index is 12.1. The Kier molecular flexibility index (Phi) is 4.32. The number of rotatable bonds is 4. The molecule has 1 fully saturated rings. The Balaban J connectivity index is 1.58. The summed E-state index contributed by atoms with van der Waals surface area (Å²) in [6.07, 6.45) is 0. The molecule has 0 unspecified atom stereocenters. The monoisotopic (exact) mass is 365 g/mol. The van der Waals surface area contributed by atoms with Crippen molar-refractivity contribution in [2.45, 2.75) is 0 Å². The highest BCUT2D eigenvalue weighted by atomic mass is 35.5. The number of hydrogen-bond donors (Lipinski definition) is 2. The first-order valence-corrected chi connectivity index (χ1v) is 7.56. The fourth-order valence-corrected chi connectivity index (χ4v) is 2.52. The van der Waals surface area contributed by atoms with Crippen molar-refractivity contribution in [3.05, 3.63) is 51.2 Å². The van der Waals surface area contributed by atoms with Crippen LogP contribution in [-0.4, -0.2) is 39.8 Å². The standard InChI is InChI=1S/C15H12ClN3O6/c16-9-1-2-11(20)10(5-9)17-14(21)8-6-18(7-8)15(22)12-3-4-13(25-12)19(23)24/h1-5,8,20H,6-7H2,(H,17,21). The normalized spacial score (nSPS) is 14.0. The lowest BCUT2D eigenvalue weighted by Gasteiger charge is -2.37. The minimum Gasteiger partial charge on any atom is -0.506 e. The van der Waals surface area contributed by atoms with E-state index in [0.717, 1.165) is 6.07 Å². The predicted molar refractivity (Wildman–Crippen MR) is 86.5 cm³/mol. The Hall–Kier alpha value is -3.07. The number of anilines is 1. The summed E-state index contributed by atoms with van der Waals surface area (Å²) < 4.78 is 4.85. The molecule has 0 bridgehead atoms. The minimum atomic E-state index is -0.736. The summed E-state index contributed by atoms with van der Waals surface area (Å²) in [5.41, 5.74) is 0.184. The van der Waals surface area contributed by atoms with E-state index in [9.17, 15) is 24.8 Å². The van der Waals surface area contributed by atoms with Gasteiger partial charge in [-0.25, -0.2) is 0 Å². The molecule has 2 aromatic rings. The van der Waals surface area contributed by atoms with Gasteiger partial charge in [0.05, 0.1) is 17.7 Å². The number of aromatic hydroxyl groups is 1. The first-order chi connectivity index (χ1) is 11.8. The summed E-state index contributed by atoms with van der Waals surface area (Å²) >= 11 is 5.81. The summed E-state index contributed by atoms with van der Waals surface area (Å²) in [5, 5.41) is 23.2. The maximum atomic E-state index is 12.1. The molecule has 1 aromatic heterocycles. The third kappa shape index (κ3) is 3.41. The van der Waals surface area contributed by atoms with Crippen LogP contribution in [-0.2, 0) is 4.79 Å². The third-order valence-electron chi connectivity index (χ3n) is 3.74. The minimum absolute atomic E-state index is 0.118. The topological polar surface area (TPSA) is 126 Å². The van der Waals surface area contributed by atoms with Crippen LogP contribution in [0.25, 0.3) is 0 Å². The van der Waals surface area contributed by atoms with Crippen molar-refractivity contribution < 1.29 is 24.0 Å². The van der Waals surface area contributed by atoms with Crippen molar-refractivity contribution >= 4 is 35.0 Å². The Bertz CT molecular complexity index is 859. The van der Waals surface area contributed by atoms with Crippen LogP contribution in [0.3, 0.4) is 0 Å². The van der Waals surface area contributed by atoms with Gasteiger partial charge < -0.3 is 19.7 Å². The number of nitrogens with one attached hydrogen (secondary N) is 1. The fraction of sp³-hybridized carbons (Fsp3) is 0.200. The molecule has 2 heterocycles. The summed E-state index contributed by atoms with van der Waals surface area (Å²) in [7, 11) is 0. The molecule has 10 heteroatoms. The molecule has 0 aliphatic carbocycles. The zero-order valence-corrected chi connectivity index (χ0v) is 13.4. The highest BCUT2D eigenvalue weighted by Gasteiger charge is 2.37. The quantitative estimate of drug-likeness (QED) is 0.486. The lowest BCUT2D eigenvalue weighted by molar-refractivity contribution is -0.402. The van der Waals surface area contributed by atoms with Crippen LogP contribution in [0.1, 0.15) is 10.6 Å². The second-order valence-corrected chi connectivity index (χ2v) is 5.89. The number of likely N-dealkylation sites (tertiary alicyclic amines) is 1. The number of nitro groups is 1. The number of phenolic OH excluding ortho intramolecular Hbond substituents is 1. The van der Waals surface area contributed by atoms with Crippen molar-refractivity contribution in [2.75, 3.05) is 18.4 Å². The Morgan fingerprint density at radius 2 is 2.04 bits per heavy atom. The van der Waals surface area contributed by atoms with Gasteiger partial charge in [-0.3, -0.25) is 19.7 Å². The van der Waals surface area contributed by atoms with Gasteiger partial charge in [-0.2, -0.15) is 0 Å². The van der Waals surface area contributed by atoms with Gasteiger partial charge in [-0.1, -0.05) is 11.6 Å². The van der Waals surface area contributed by atoms with Gasteiger partial charge in [-0.05, 0) is 24.3 Å². The molecule has 3 rings (SSSR count). The molecule has 0 saturated carbocycles. The number of carbonyl (C=O) groups is 2. The summed E-state index contributed by atoms with van der Waals surface area (Å²) in [5.74, 6) is -2.15. The molecule has 1 aliphatic rings. The van der Waals surface area contributed by atoms with Crippen LogP contribution in [0.2, 0.25) is 5.02 Å². The van der Waals surface area contributed by atoms with Gasteiger partial charge in [0, 0.05) is 18.1 Å². The SMILES string of the molecule is O=C(Nc1cc(Cl)ccc1O)C1CN(C(=O)c2ccc([N+](=O)[O-])o2)C1. The lowest BCUT2D eigenvalue weighted by atomic mass is 9.98. The number of hydrogen-bond acceptors (Lipinski definition) is 6. The molecule has 130 valence electrons. The number of amides is 2. The second kappa shape index (κ2) is 6.44. The third-order valence-corrected chi connectivity index (χ3v) is 3.97. The van der Waals surface area contributed by atoms with Gasteiger partial charge in [0.15, 0.2) is 5.76 Å². The molecule has 2 amide bonds. The molecule has 25 heavy (non-hydrogen) atoms. The van der Waals surface area contributed by atoms with Crippen molar-refractivity contribution in [1.82, 2.24) is 4.90 Å². The van der Waals surface area contributed by atoms with Crippen LogP contribution in [0.15, 0.2) is 34.7 Å². The molecule has 0 radical (unpaired) electrons. The molecular formula is C15H12ClN3O6.